The summed E-state index contributed by atoms with van der Waals surface area (Å²) in [5.74, 6) is 0.148. The molecule has 0 radical (unpaired) electrons. The number of nitrogens with zero attached hydrogens (tertiary/aromatic N) is 2. The quantitative estimate of drug-likeness (QED) is 0.923. The smallest absolute Gasteiger partial charge is 0.234 e. The molecule has 3 rings (SSSR count). The van der Waals surface area contributed by atoms with Crippen molar-refractivity contribution in [2.75, 3.05) is 39.8 Å². The van der Waals surface area contributed by atoms with E-state index in [9.17, 15) is 4.79 Å². The van der Waals surface area contributed by atoms with Crippen LogP contribution in [0.2, 0.25) is 0 Å². The zero-order valence-electron chi connectivity index (χ0n) is 14.5. The number of carbonyl (C=O) groups excluding carboxylic acids is 1. The SMILES string of the molecule is Cc1cccc(CNC(=O)CN2CCC[C@@]3(CCN(C)C3)C2)c1. The Morgan fingerprint density at radius 2 is 2.13 bits per heavy atom. The van der Waals surface area contributed by atoms with Crippen LogP contribution in [0.4, 0.5) is 0 Å². The number of rotatable bonds is 4. The van der Waals surface area contributed by atoms with Crippen molar-refractivity contribution in [2.24, 2.45) is 5.41 Å². The summed E-state index contributed by atoms with van der Waals surface area (Å²) in [7, 11) is 2.21. The van der Waals surface area contributed by atoms with Crippen molar-refractivity contribution < 1.29 is 4.79 Å². The largest absolute Gasteiger partial charge is 0.351 e. The standard InChI is InChI=1S/C19H29N3O/c1-16-5-3-6-17(11-16)12-20-18(23)13-22-9-4-7-19(15-22)8-10-21(2)14-19/h3,5-6,11H,4,7-10,12-15H2,1-2H3,(H,20,23)/t19-/m0/s1. The molecule has 1 aromatic rings. The van der Waals surface area contributed by atoms with Crippen molar-refractivity contribution in [1.29, 1.82) is 0 Å². The molecule has 1 N–H and O–H groups in total. The maximum absolute atomic E-state index is 12.3. The highest BCUT2D eigenvalue weighted by atomic mass is 16.2. The van der Waals surface area contributed by atoms with E-state index in [0.29, 0.717) is 18.5 Å². The van der Waals surface area contributed by atoms with Gasteiger partial charge < -0.3 is 10.2 Å². The molecule has 1 spiro atoms. The van der Waals surface area contributed by atoms with E-state index in [2.05, 4.69) is 47.3 Å². The molecule has 126 valence electrons. The maximum atomic E-state index is 12.3. The second-order valence-electron chi connectivity index (χ2n) is 7.57. The maximum Gasteiger partial charge on any atom is 0.234 e. The summed E-state index contributed by atoms with van der Waals surface area (Å²) < 4.78 is 0. The van der Waals surface area contributed by atoms with E-state index in [4.69, 9.17) is 0 Å². The van der Waals surface area contributed by atoms with Crippen LogP contribution in [0.5, 0.6) is 0 Å². The molecule has 2 heterocycles. The molecular formula is C19H29N3O. The van der Waals surface area contributed by atoms with E-state index in [0.717, 1.165) is 13.1 Å². The van der Waals surface area contributed by atoms with Crippen molar-refractivity contribution in [3.8, 4) is 0 Å². The van der Waals surface area contributed by atoms with E-state index < -0.39 is 0 Å². The molecular weight excluding hydrogens is 286 g/mol. The number of benzene rings is 1. The van der Waals surface area contributed by atoms with Crippen molar-refractivity contribution in [3.63, 3.8) is 0 Å². The third kappa shape index (κ3) is 4.33. The summed E-state index contributed by atoms with van der Waals surface area (Å²) in [6.45, 7) is 7.77. The lowest BCUT2D eigenvalue weighted by atomic mass is 9.79. The molecule has 0 bridgehead atoms. The summed E-state index contributed by atoms with van der Waals surface area (Å²) in [6, 6.07) is 8.32. The average molecular weight is 315 g/mol. The number of amides is 1. The van der Waals surface area contributed by atoms with Crippen LogP contribution in [0.15, 0.2) is 24.3 Å². The number of piperidine rings is 1. The Kier molecular flexibility index (Phi) is 5.02. The predicted octanol–water partition coefficient (Wildman–Crippen LogP) is 2.03. The van der Waals surface area contributed by atoms with Gasteiger partial charge in [0.2, 0.25) is 5.91 Å². The molecule has 1 aromatic carbocycles. The molecule has 0 unspecified atom stereocenters. The van der Waals surface area contributed by atoms with Crippen LogP contribution in [-0.2, 0) is 11.3 Å². The van der Waals surface area contributed by atoms with Crippen molar-refractivity contribution in [3.05, 3.63) is 35.4 Å². The van der Waals surface area contributed by atoms with Gasteiger partial charge in [-0.05, 0) is 57.3 Å². The summed E-state index contributed by atoms with van der Waals surface area (Å²) in [5.41, 5.74) is 2.84. The van der Waals surface area contributed by atoms with Gasteiger partial charge in [0.25, 0.3) is 0 Å². The van der Waals surface area contributed by atoms with Gasteiger partial charge in [0.05, 0.1) is 6.54 Å². The molecule has 2 aliphatic heterocycles. The lowest BCUT2D eigenvalue weighted by molar-refractivity contribution is -0.123. The van der Waals surface area contributed by atoms with Crippen molar-refractivity contribution in [1.82, 2.24) is 15.1 Å². The van der Waals surface area contributed by atoms with Gasteiger partial charge in [-0.1, -0.05) is 29.8 Å². The zero-order chi connectivity index (χ0) is 16.3. The number of hydrogen-bond acceptors (Lipinski definition) is 3. The van der Waals surface area contributed by atoms with E-state index in [1.54, 1.807) is 0 Å². The van der Waals surface area contributed by atoms with Crippen LogP contribution in [0.25, 0.3) is 0 Å². The zero-order valence-corrected chi connectivity index (χ0v) is 14.5. The van der Waals surface area contributed by atoms with E-state index in [-0.39, 0.29) is 5.91 Å². The van der Waals surface area contributed by atoms with E-state index >= 15 is 0 Å². The molecule has 0 aliphatic carbocycles. The fraction of sp³-hybridized carbons (Fsp3) is 0.632. The minimum atomic E-state index is 0.148. The Hall–Kier alpha value is -1.39. The summed E-state index contributed by atoms with van der Waals surface area (Å²) in [5, 5.41) is 3.07. The molecule has 4 heteroatoms. The van der Waals surface area contributed by atoms with Gasteiger partial charge in [-0.15, -0.1) is 0 Å². The van der Waals surface area contributed by atoms with Crippen LogP contribution < -0.4 is 5.32 Å². The highest BCUT2D eigenvalue weighted by Gasteiger charge is 2.40. The van der Waals surface area contributed by atoms with Crippen LogP contribution in [0.1, 0.15) is 30.4 Å². The molecule has 1 atom stereocenters. The van der Waals surface area contributed by atoms with Gasteiger partial charge in [0.15, 0.2) is 0 Å². The molecule has 2 aliphatic rings. The van der Waals surface area contributed by atoms with Crippen LogP contribution in [-0.4, -0.2) is 55.5 Å². The third-order valence-corrected chi connectivity index (χ3v) is 5.31. The number of likely N-dealkylation sites (tertiary alicyclic amines) is 2. The second kappa shape index (κ2) is 7.02. The highest BCUT2D eigenvalue weighted by Crippen LogP contribution is 2.38. The van der Waals surface area contributed by atoms with Crippen LogP contribution >= 0.6 is 0 Å². The van der Waals surface area contributed by atoms with Gasteiger partial charge in [0, 0.05) is 19.6 Å². The average Bonchev–Trinajstić information content (AvgIpc) is 2.86. The predicted molar refractivity (Wildman–Crippen MR) is 93.2 cm³/mol. The minimum Gasteiger partial charge on any atom is -0.351 e. The van der Waals surface area contributed by atoms with Gasteiger partial charge >= 0.3 is 0 Å². The first kappa shape index (κ1) is 16.5. The molecule has 0 saturated carbocycles. The Labute approximate surface area is 139 Å². The number of aryl methyl sites for hydroxylation is 1. The topological polar surface area (TPSA) is 35.6 Å². The van der Waals surface area contributed by atoms with Crippen molar-refractivity contribution >= 4 is 5.91 Å². The first-order valence-corrected chi connectivity index (χ1v) is 8.78. The fourth-order valence-corrected chi connectivity index (χ4v) is 4.22. The summed E-state index contributed by atoms with van der Waals surface area (Å²) >= 11 is 0. The van der Waals surface area contributed by atoms with Gasteiger partial charge in [-0.3, -0.25) is 9.69 Å². The lowest BCUT2D eigenvalue weighted by Crippen LogP contribution is -2.48. The molecule has 23 heavy (non-hydrogen) atoms. The monoisotopic (exact) mass is 315 g/mol. The van der Waals surface area contributed by atoms with Gasteiger partial charge in [-0.25, -0.2) is 0 Å². The van der Waals surface area contributed by atoms with Crippen molar-refractivity contribution in [2.45, 2.75) is 32.7 Å². The van der Waals surface area contributed by atoms with Crippen LogP contribution in [0.3, 0.4) is 0 Å². The number of nitrogens with one attached hydrogen (secondary N) is 1. The molecule has 4 nitrogen and oxygen atoms in total. The Morgan fingerprint density at radius 3 is 2.87 bits per heavy atom. The number of carbonyl (C=O) groups is 1. The van der Waals surface area contributed by atoms with E-state index in [1.165, 1.54) is 43.5 Å². The molecule has 0 aromatic heterocycles. The first-order chi connectivity index (χ1) is 11.0. The number of hydrogen-bond donors (Lipinski definition) is 1. The minimum absolute atomic E-state index is 0.148. The molecule has 1 amide bonds. The van der Waals surface area contributed by atoms with Crippen LogP contribution in [0, 0.1) is 12.3 Å². The lowest BCUT2D eigenvalue weighted by Gasteiger charge is -2.40. The molecule has 2 fully saturated rings. The normalized spacial score (nSPS) is 25.8. The Balaban J connectivity index is 1.48. The highest BCUT2D eigenvalue weighted by molar-refractivity contribution is 5.78. The third-order valence-electron chi connectivity index (χ3n) is 5.31. The Morgan fingerprint density at radius 1 is 1.26 bits per heavy atom. The van der Waals surface area contributed by atoms with Gasteiger partial charge in [0.1, 0.15) is 0 Å². The fourth-order valence-electron chi connectivity index (χ4n) is 4.22. The Bertz CT molecular complexity index is 555. The molecule has 2 saturated heterocycles. The second-order valence-corrected chi connectivity index (χ2v) is 7.57. The summed E-state index contributed by atoms with van der Waals surface area (Å²) in [6.07, 6.45) is 3.82. The van der Waals surface area contributed by atoms with Gasteiger partial charge in [-0.2, -0.15) is 0 Å². The summed E-state index contributed by atoms with van der Waals surface area (Å²) in [4.78, 5) is 17.1. The van der Waals surface area contributed by atoms with E-state index in [1.807, 2.05) is 6.07 Å². The first-order valence-electron chi connectivity index (χ1n) is 8.78.